The molecule has 1 fully saturated rings. The van der Waals surface area contributed by atoms with E-state index in [2.05, 4.69) is 10.1 Å². The summed E-state index contributed by atoms with van der Waals surface area (Å²) in [5.74, 6) is -1.57. The van der Waals surface area contributed by atoms with Gasteiger partial charge in [0.25, 0.3) is 5.91 Å². The maximum Gasteiger partial charge on any atom is 0.319 e. The van der Waals surface area contributed by atoms with E-state index in [9.17, 15) is 22.4 Å². The number of carbonyl (C=O) groups is 1. The minimum Gasteiger partial charge on any atom is -0.336 e. The lowest BCUT2D eigenvalue weighted by Crippen LogP contribution is -2.48. The van der Waals surface area contributed by atoms with Crippen LogP contribution in [-0.2, 0) is 13.6 Å². The van der Waals surface area contributed by atoms with Crippen LogP contribution in [0, 0.1) is 11.6 Å². The number of alkyl halides is 2. The van der Waals surface area contributed by atoms with Crippen molar-refractivity contribution in [1.82, 2.24) is 29.1 Å². The summed E-state index contributed by atoms with van der Waals surface area (Å²) in [4.78, 5) is 20.6. The normalized spacial score (nSPS) is 15.1. The van der Waals surface area contributed by atoms with Gasteiger partial charge in [0.1, 0.15) is 23.2 Å². The third-order valence-electron chi connectivity index (χ3n) is 5.23. The number of imidazole rings is 1. The molecule has 0 atom stereocenters. The second kappa shape index (κ2) is 8.50. The van der Waals surface area contributed by atoms with Crippen molar-refractivity contribution in [2.45, 2.75) is 13.1 Å². The van der Waals surface area contributed by atoms with Gasteiger partial charge < -0.3 is 4.90 Å². The maximum absolute atomic E-state index is 14.3. The van der Waals surface area contributed by atoms with E-state index in [1.807, 2.05) is 4.90 Å². The number of halogens is 4. The highest BCUT2D eigenvalue weighted by molar-refractivity contribution is 6.00. The van der Waals surface area contributed by atoms with E-state index in [0.29, 0.717) is 26.2 Å². The van der Waals surface area contributed by atoms with Gasteiger partial charge in [-0.15, -0.1) is 0 Å². The molecular weight excluding hydrogens is 416 g/mol. The molecule has 1 aliphatic heterocycles. The first-order chi connectivity index (χ1) is 14.8. The summed E-state index contributed by atoms with van der Waals surface area (Å²) < 4.78 is 55.8. The van der Waals surface area contributed by atoms with E-state index < -0.39 is 18.2 Å². The number of aromatic nitrogens is 4. The van der Waals surface area contributed by atoms with Crippen molar-refractivity contribution < 1.29 is 22.4 Å². The Morgan fingerprint density at radius 1 is 1.16 bits per heavy atom. The molecule has 0 radical (unpaired) electrons. The quantitative estimate of drug-likeness (QED) is 0.578. The molecule has 1 aliphatic rings. The molecule has 164 valence electrons. The minimum atomic E-state index is -2.66. The second-order valence-corrected chi connectivity index (χ2v) is 7.29. The van der Waals surface area contributed by atoms with Crippen LogP contribution in [0.5, 0.6) is 0 Å². The summed E-state index contributed by atoms with van der Waals surface area (Å²) in [6, 6.07) is 3.12. The van der Waals surface area contributed by atoms with E-state index in [1.54, 1.807) is 11.9 Å². The number of nitrogens with zero attached hydrogens (tertiary/aromatic N) is 6. The topological polar surface area (TPSA) is 59.2 Å². The molecule has 1 saturated heterocycles. The van der Waals surface area contributed by atoms with Gasteiger partial charge in [-0.3, -0.25) is 18.9 Å². The minimum absolute atomic E-state index is 0.0443. The number of benzene rings is 1. The Morgan fingerprint density at radius 2 is 1.90 bits per heavy atom. The van der Waals surface area contributed by atoms with E-state index in [0.717, 1.165) is 16.7 Å². The number of rotatable bonds is 5. The molecule has 0 spiro atoms. The molecule has 0 bridgehead atoms. The third kappa shape index (κ3) is 4.31. The molecule has 4 rings (SSSR count). The van der Waals surface area contributed by atoms with E-state index >= 15 is 0 Å². The highest BCUT2D eigenvalue weighted by Crippen LogP contribution is 2.27. The first-order valence-corrected chi connectivity index (χ1v) is 9.64. The van der Waals surface area contributed by atoms with Crippen LogP contribution in [0.2, 0.25) is 0 Å². The number of aryl methyl sites for hydroxylation is 1. The summed E-state index contributed by atoms with van der Waals surface area (Å²) in [6.07, 6.45) is 4.07. The highest BCUT2D eigenvalue weighted by atomic mass is 19.3. The molecule has 1 aromatic carbocycles. The molecule has 0 aliphatic carbocycles. The molecule has 1 amide bonds. The van der Waals surface area contributed by atoms with Gasteiger partial charge in [-0.2, -0.15) is 13.9 Å². The third-order valence-corrected chi connectivity index (χ3v) is 5.23. The number of hydrogen-bond acceptors (Lipinski definition) is 4. The van der Waals surface area contributed by atoms with Crippen LogP contribution in [0.25, 0.3) is 11.3 Å². The van der Waals surface area contributed by atoms with Crippen LogP contribution >= 0.6 is 0 Å². The Bertz CT molecular complexity index is 1090. The predicted octanol–water partition coefficient (Wildman–Crippen LogP) is 2.91. The number of hydrogen-bond donors (Lipinski definition) is 0. The fourth-order valence-electron chi connectivity index (χ4n) is 3.65. The Morgan fingerprint density at radius 3 is 2.58 bits per heavy atom. The first-order valence-electron chi connectivity index (χ1n) is 9.64. The number of piperazine rings is 1. The summed E-state index contributed by atoms with van der Waals surface area (Å²) in [7, 11) is 1.62. The fourth-order valence-corrected chi connectivity index (χ4v) is 3.65. The van der Waals surface area contributed by atoms with Crippen LogP contribution in [-0.4, -0.2) is 61.2 Å². The molecule has 31 heavy (non-hydrogen) atoms. The maximum atomic E-state index is 14.3. The smallest absolute Gasteiger partial charge is 0.319 e. The van der Waals surface area contributed by atoms with Crippen molar-refractivity contribution >= 4 is 5.91 Å². The van der Waals surface area contributed by atoms with Gasteiger partial charge >= 0.3 is 6.55 Å². The predicted molar refractivity (Wildman–Crippen MR) is 103 cm³/mol. The fraction of sp³-hybridized carbons (Fsp3) is 0.350. The summed E-state index contributed by atoms with van der Waals surface area (Å²) in [6.45, 7) is -0.720. The summed E-state index contributed by atoms with van der Waals surface area (Å²) in [5.41, 5.74) is 0.406. The number of carbonyl (C=O) groups excluding carboxylic acids is 1. The molecule has 3 heterocycles. The summed E-state index contributed by atoms with van der Waals surface area (Å²) in [5, 5.41) is 4.19. The van der Waals surface area contributed by atoms with Crippen LogP contribution in [0.4, 0.5) is 17.6 Å². The first kappa shape index (κ1) is 21.0. The van der Waals surface area contributed by atoms with E-state index in [-0.39, 0.29) is 35.1 Å². The molecule has 11 heteroatoms. The molecule has 0 N–H and O–H groups in total. The van der Waals surface area contributed by atoms with Crippen molar-refractivity contribution in [2.24, 2.45) is 7.05 Å². The van der Waals surface area contributed by atoms with Crippen LogP contribution < -0.4 is 0 Å². The Kier molecular flexibility index (Phi) is 5.77. The highest BCUT2D eigenvalue weighted by Gasteiger charge is 2.28. The lowest BCUT2D eigenvalue weighted by atomic mass is 10.1. The van der Waals surface area contributed by atoms with E-state index in [4.69, 9.17) is 0 Å². The molecule has 7 nitrogen and oxygen atoms in total. The van der Waals surface area contributed by atoms with Gasteiger partial charge in [-0.05, 0) is 12.1 Å². The Labute approximate surface area is 175 Å². The van der Waals surface area contributed by atoms with Gasteiger partial charge in [0.2, 0.25) is 0 Å². The molecular formula is C20H20F4N6O. The van der Waals surface area contributed by atoms with Gasteiger partial charge in [-0.1, -0.05) is 0 Å². The molecule has 2 aromatic heterocycles. The van der Waals surface area contributed by atoms with Crippen molar-refractivity contribution in [1.29, 1.82) is 0 Å². The van der Waals surface area contributed by atoms with Crippen molar-refractivity contribution in [3.8, 4) is 11.3 Å². The average Bonchev–Trinajstić information content (AvgIpc) is 3.34. The zero-order chi connectivity index (χ0) is 22.1. The molecule has 3 aromatic rings. The van der Waals surface area contributed by atoms with Crippen LogP contribution in [0.3, 0.4) is 0 Å². The zero-order valence-corrected chi connectivity index (χ0v) is 16.7. The SMILES string of the molecule is Cn1cc(C(=O)N2CCN(Cc3nccn3C(F)F)CC2)c(-c2ccc(F)cc2F)n1. The Hall–Kier alpha value is -3.21. The molecule has 0 unspecified atom stereocenters. The summed E-state index contributed by atoms with van der Waals surface area (Å²) >= 11 is 0. The van der Waals surface area contributed by atoms with Gasteiger partial charge in [0, 0.05) is 63.4 Å². The van der Waals surface area contributed by atoms with Crippen LogP contribution in [0.15, 0.2) is 36.8 Å². The van der Waals surface area contributed by atoms with E-state index in [1.165, 1.54) is 29.3 Å². The van der Waals surface area contributed by atoms with Gasteiger partial charge in [-0.25, -0.2) is 13.8 Å². The van der Waals surface area contributed by atoms with Crippen molar-refractivity contribution in [3.05, 3.63) is 59.8 Å². The lowest BCUT2D eigenvalue weighted by Gasteiger charge is -2.34. The lowest BCUT2D eigenvalue weighted by molar-refractivity contribution is 0.0556. The Balaban J connectivity index is 1.46. The number of amides is 1. The second-order valence-electron chi connectivity index (χ2n) is 7.29. The molecule has 0 saturated carbocycles. The van der Waals surface area contributed by atoms with Gasteiger partial charge in [0.05, 0.1) is 12.1 Å². The van der Waals surface area contributed by atoms with Crippen molar-refractivity contribution in [3.63, 3.8) is 0 Å². The largest absolute Gasteiger partial charge is 0.336 e. The van der Waals surface area contributed by atoms with Crippen LogP contribution in [0.1, 0.15) is 22.7 Å². The standard InChI is InChI=1S/C20H20F4N6O/c1-27-11-15(18(26-27)14-3-2-13(21)10-16(14)22)19(31)29-8-6-28(7-9-29)12-17-25-4-5-30(17)20(23)24/h2-5,10-11,20H,6-9,12H2,1H3. The zero-order valence-electron chi connectivity index (χ0n) is 16.7. The van der Waals surface area contributed by atoms with Crippen molar-refractivity contribution in [2.75, 3.05) is 26.2 Å². The van der Waals surface area contributed by atoms with Gasteiger partial charge in [0.15, 0.2) is 0 Å². The average molecular weight is 436 g/mol. The monoisotopic (exact) mass is 436 g/mol.